The Bertz CT molecular complexity index is 855. The van der Waals surface area contributed by atoms with Gasteiger partial charge in [-0.05, 0) is 48.9 Å². The number of ether oxygens (including phenoxy) is 1. The normalized spacial score (nSPS) is 10.8. The summed E-state index contributed by atoms with van der Waals surface area (Å²) in [5.41, 5.74) is 1.67. The first kappa shape index (κ1) is 16.4. The van der Waals surface area contributed by atoms with Crippen LogP contribution in [-0.2, 0) is 6.54 Å². The van der Waals surface area contributed by atoms with E-state index in [9.17, 15) is 4.79 Å². The largest absolute Gasteiger partial charge is 0.494 e. The maximum absolute atomic E-state index is 12.5. The summed E-state index contributed by atoms with van der Waals surface area (Å²) < 4.78 is 11.0. The van der Waals surface area contributed by atoms with Crippen molar-refractivity contribution in [2.45, 2.75) is 13.5 Å². The fourth-order valence-electron chi connectivity index (χ4n) is 2.51. The highest BCUT2D eigenvalue weighted by molar-refractivity contribution is 6.31. The summed E-state index contributed by atoms with van der Waals surface area (Å²) in [7, 11) is 1.75. The molecule has 0 aliphatic heterocycles. The van der Waals surface area contributed by atoms with Crippen molar-refractivity contribution >= 4 is 28.5 Å². The maximum Gasteiger partial charge on any atom is 0.289 e. The molecule has 0 saturated carbocycles. The number of halogens is 1. The molecule has 2 aromatic carbocycles. The Morgan fingerprint density at radius 3 is 2.62 bits per heavy atom. The molecule has 0 aliphatic carbocycles. The lowest BCUT2D eigenvalue weighted by molar-refractivity contribution is 0.0756. The third-order valence-electron chi connectivity index (χ3n) is 3.69. The van der Waals surface area contributed by atoms with Crippen molar-refractivity contribution in [3.63, 3.8) is 0 Å². The van der Waals surface area contributed by atoms with Crippen molar-refractivity contribution in [2.24, 2.45) is 0 Å². The average Bonchev–Trinajstić information content (AvgIpc) is 2.99. The van der Waals surface area contributed by atoms with E-state index in [0.717, 1.165) is 16.7 Å². The van der Waals surface area contributed by atoms with Crippen LogP contribution >= 0.6 is 11.6 Å². The van der Waals surface area contributed by atoms with Crippen LogP contribution in [0.5, 0.6) is 5.75 Å². The van der Waals surface area contributed by atoms with E-state index in [-0.39, 0.29) is 5.91 Å². The van der Waals surface area contributed by atoms with E-state index >= 15 is 0 Å². The number of fused-ring (bicyclic) bond motifs is 1. The van der Waals surface area contributed by atoms with Gasteiger partial charge in [-0.15, -0.1) is 0 Å². The summed E-state index contributed by atoms with van der Waals surface area (Å²) in [6.45, 7) is 3.07. The molecule has 3 rings (SSSR count). The van der Waals surface area contributed by atoms with Gasteiger partial charge in [0, 0.05) is 24.0 Å². The van der Waals surface area contributed by atoms with E-state index in [4.69, 9.17) is 20.8 Å². The molecule has 4 nitrogen and oxygen atoms in total. The molecule has 0 fully saturated rings. The van der Waals surface area contributed by atoms with Crippen LogP contribution in [0.25, 0.3) is 11.0 Å². The minimum atomic E-state index is -0.170. The summed E-state index contributed by atoms with van der Waals surface area (Å²) in [4.78, 5) is 14.2. The molecule has 1 aromatic heterocycles. The first-order valence-electron chi connectivity index (χ1n) is 7.73. The summed E-state index contributed by atoms with van der Waals surface area (Å²) in [6.07, 6.45) is 0. The molecular formula is C19H18ClNO3. The van der Waals surface area contributed by atoms with Crippen LogP contribution in [0.4, 0.5) is 0 Å². The van der Waals surface area contributed by atoms with Gasteiger partial charge in [-0.3, -0.25) is 4.79 Å². The fourth-order valence-corrected chi connectivity index (χ4v) is 2.69. The molecule has 0 atom stereocenters. The summed E-state index contributed by atoms with van der Waals surface area (Å²) >= 11 is 5.97. The molecule has 0 spiro atoms. The Morgan fingerprint density at radius 2 is 1.92 bits per heavy atom. The maximum atomic E-state index is 12.5. The molecule has 1 heterocycles. The van der Waals surface area contributed by atoms with E-state index in [0.29, 0.717) is 29.5 Å². The lowest BCUT2D eigenvalue weighted by Crippen LogP contribution is -2.25. The number of furan rings is 1. The van der Waals surface area contributed by atoms with Crippen LogP contribution in [0.3, 0.4) is 0 Å². The van der Waals surface area contributed by atoms with Crippen LogP contribution in [0.2, 0.25) is 5.02 Å². The van der Waals surface area contributed by atoms with E-state index in [1.165, 1.54) is 0 Å². The standard InChI is InChI=1S/C19H18ClNO3/c1-3-23-16-7-4-13(5-8-16)12-21(2)19(22)18-11-14-10-15(20)6-9-17(14)24-18/h4-11H,3,12H2,1-2H3. The van der Waals surface area contributed by atoms with Gasteiger partial charge in [-0.1, -0.05) is 23.7 Å². The van der Waals surface area contributed by atoms with E-state index in [2.05, 4.69) is 0 Å². The first-order chi connectivity index (χ1) is 11.6. The highest BCUT2D eigenvalue weighted by atomic mass is 35.5. The molecule has 0 unspecified atom stereocenters. The fraction of sp³-hybridized carbons (Fsp3) is 0.211. The number of rotatable bonds is 5. The van der Waals surface area contributed by atoms with Gasteiger partial charge in [0.2, 0.25) is 0 Å². The van der Waals surface area contributed by atoms with Crippen LogP contribution in [-0.4, -0.2) is 24.5 Å². The SMILES string of the molecule is CCOc1ccc(CN(C)C(=O)c2cc3cc(Cl)ccc3o2)cc1. The Kier molecular flexibility index (Phi) is 4.76. The number of benzene rings is 2. The van der Waals surface area contributed by atoms with Gasteiger partial charge in [0.05, 0.1) is 6.61 Å². The minimum absolute atomic E-state index is 0.170. The van der Waals surface area contributed by atoms with Gasteiger partial charge in [-0.25, -0.2) is 0 Å². The van der Waals surface area contributed by atoms with E-state index in [1.807, 2.05) is 31.2 Å². The first-order valence-corrected chi connectivity index (χ1v) is 8.11. The second kappa shape index (κ2) is 6.97. The number of nitrogens with zero attached hydrogens (tertiary/aromatic N) is 1. The molecule has 1 amide bonds. The molecule has 124 valence electrons. The quantitative estimate of drug-likeness (QED) is 0.671. The Labute approximate surface area is 145 Å². The third-order valence-corrected chi connectivity index (χ3v) is 3.93. The lowest BCUT2D eigenvalue weighted by atomic mass is 10.2. The zero-order chi connectivity index (χ0) is 17.1. The van der Waals surface area contributed by atoms with Gasteiger partial charge in [0.1, 0.15) is 11.3 Å². The summed E-state index contributed by atoms with van der Waals surface area (Å²) in [5.74, 6) is 0.960. The average molecular weight is 344 g/mol. The van der Waals surface area contributed by atoms with Crippen molar-refractivity contribution in [3.8, 4) is 5.75 Å². The number of carbonyl (C=O) groups excluding carboxylic acids is 1. The van der Waals surface area contributed by atoms with Gasteiger partial charge in [-0.2, -0.15) is 0 Å². The zero-order valence-electron chi connectivity index (χ0n) is 13.6. The van der Waals surface area contributed by atoms with Gasteiger partial charge >= 0.3 is 0 Å². The third kappa shape index (κ3) is 3.54. The van der Waals surface area contributed by atoms with Crippen LogP contribution in [0, 0.1) is 0 Å². The molecule has 24 heavy (non-hydrogen) atoms. The monoisotopic (exact) mass is 343 g/mol. The van der Waals surface area contributed by atoms with Crippen molar-refractivity contribution in [1.29, 1.82) is 0 Å². The topological polar surface area (TPSA) is 42.7 Å². The van der Waals surface area contributed by atoms with Crippen LogP contribution in [0.15, 0.2) is 52.9 Å². The molecular weight excluding hydrogens is 326 g/mol. The summed E-state index contributed by atoms with van der Waals surface area (Å²) in [5, 5.41) is 1.44. The highest BCUT2D eigenvalue weighted by Crippen LogP contribution is 2.24. The number of carbonyl (C=O) groups is 1. The van der Waals surface area contributed by atoms with E-state index in [1.54, 1.807) is 36.2 Å². The smallest absolute Gasteiger partial charge is 0.289 e. The second-order valence-electron chi connectivity index (χ2n) is 5.53. The molecule has 0 N–H and O–H groups in total. The Hall–Kier alpha value is -2.46. The van der Waals surface area contributed by atoms with Crippen molar-refractivity contribution < 1.29 is 13.9 Å². The number of hydrogen-bond acceptors (Lipinski definition) is 3. The molecule has 5 heteroatoms. The van der Waals surface area contributed by atoms with Crippen molar-refractivity contribution in [3.05, 3.63) is 64.9 Å². The molecule has 3 aromatic rings. The van der Waals surface area contributed by atoms with E-state index < -0.39 is 0 Å². The number of amides is 1. The minimum Gasteiger partial charge on any atom is -0.494 e. The van der Waals surface area contributed by atoms with Crippen LogP contribution < -0.4 is 4.74 Å². The Morgan fingerprint density at radius 1 is 1.17 bits per heavy atom. The lowest BCUT2D eigenvalue weighted by Gasteiger charge is -2.16. The number of hydrogen-bond donors (Lipinski definition) is 0. The van der Waals surface area contributed by atoms with Crippen molar-refractivity contribution in [1.82, 2.24) is 4.90 Å². The zero-order valence-corrected chi connectivity index (χ0v) is 14.3. The Balaban J connectivity index is 1.73. The van der Waals surface area contributed by atoms with Gasteiger partial charge in [0.15, 0.2) is 5.76 Å². The van der Waals surface area contributed by atoms with Gasteiger partial charge in [0.25, 0.3) is 5.91 Å². The predicted octanol–water partition coefficient (Wildman–Crippen LogP) is 4.76. The molecule has 0 saturated heterocycles. The van der Waals surface area contributed by atoms with Crippen molar-refractivity contribution in [2.75, 3.05) is 13.7 Å². The predicted molar refractivity (Wildman–Crippen MR) is 94.6 cm³/mol. The van der Waals surface area contributed by atoms with Crippen LogP contribution in [0.1, 0.15) is 23.0 Å². The highest BCUT2D eigenvalue weighted by Gasteiger charge is 2.17. The summed E-state index contributed by atoms with van der Waals surface area (Å²) in [6, 6.07) is 14.7. The molecule has 0 bridgehead atoms. The second-order valence-corrected chi connectivity index (χ2v) is 5.97. The van der Waals surface area contributed by atoms with Gasteiger partial charge < -0.3 is 14.1 Å². The molecule has 0 radical (unpaired) electrons. The molecule has 0 aliphatic rings.